The van der Waals surface area contributed by atoms with Crippen molar-refractivity contribution in [3.8, 4) is 0 Å². The molecule has 52 valence electrons. The molecule has 0 aliphatic carbocycles. The maximum absolute atomic E-state index is 2.34. The molecule has 9 heavy (non-hydrogen) atoms. The molecule has 1 atom stereocenters. The van der Waals surface area contributed by atoms with Crippen molar-refractivity contribution in [1.29, 1.82) is 0 Å². The van der Waals surface area contributed by atoms with Gasteiger partial charge in [-0.25, -0.2) is 10.9 Å². The third-order valence-corrected chi connectivity index (χ3v) is 4.14. The Labute approximate surface area is 60.0 Å². The molecule has 0 spiro atoms. The van der Waals surface area contributed by atoms with Gasteiger partial charge in [-0.05, 0) is 22.5 Å². The van der Waals surface area contributed by atoms with Gasteiger partial charge in [0.05, 0.1) is 0 Å². The van der Waals surface area contributed by atoms with E-state index in [1.807, 2.05) is 0 Å². The Morgan fingerprint density at radius 3 is 2.33 bits per heavy atom. The lowest BCUT2D eigenvalue weighted by molar-refractivity contribution is 0.906. The van der Waals surface area contributed by atoms with Crippen LogP contribution in [0.15, 0.2) is 23.0 Å². The van der Waals surface area contributed by atoms with Gasteiger partial charge < -0.3 is 0 Å². The topological polar surface area (TPSA) is 0 Å². The normalized spacial score (nSPS) is 23.1. The van der Waals surface area contributed by atoms with E-state index in [2.05, 4.69) is 36.8 Å². The molecule has 0 N–H and O–H groups in total. The second-order valence-corrected chi connectivity index (χ2v) is 4.76. The van der Waals surface area contributed by atoms with Crippen LogP contribution < -0.4 is 0 Å². The zero-order valence-electron chi connectivity index (χ0n) is 6.04. The van der Waals surface area contributed by atoms with Gasteiger partial charge >= 0.3 is 0 Å². The van der Waals surface area contributed by atoms with Crippen molar-refractivity contribution < 1.29 is 0 Å². The highest BCUT2D eigenvalue weighted by molar-refractivity contribution is 8.22. The summed E-state index contributed by atoms with van der Waals surface area (Å²) in [4.78, 5) is 0. The van der Waals surface area contributed by atoms with Crippen molar-refractivity contribution in [2.45, 2.75) is 25.5 Å². The van der Waals surface area contributed by atoms with E-state index in [1.165, 1.54) is 6.42 Å². The summed E-state index contributed by atoms with van der Waals surface area (Å²) in [6, 6.07) is 0. The van der Waals surface area contributed by atoms with Crippen molar-refractivity contribution in [2.24, 2.45) is 0 Å². The van der Waals surface area contributed by atoms with E-state index < -0.39 is 0 Å². The van der Waals surface area contributed by atoms with Gasteiger partial charge in [-0.1, -0.05) is 26.0 Å². The number of hydrogen-bond acceptors (Lipinski definition) is 0. The highest BCUT2D eigenvalue weighted by Crippen LogP contribution is 2.38. The SMILES string of the molecule is CCC(C)[SH]1C=CC=C1. The van der Waals surface area contributed by atoms with Crippen LogP contribution in [0.1, 0.15) is 20.3 Å². The van der Waals surface area contributed by atoms with E-state index in [-0.39, 0.29) is 10.9 Å². The molecule has 0 aromatic carbocycles. The Morgan fingerprint density at radius 1 is 1.33 bits per heavy atom. The molecule has 1 aliphatic heterocycles. The molecule has 1 aliphatic rings. The van der Waals surface area contributed by atoms with Crippen LogP contribution >= 0.6 is 10.9 Å². The maximum Gasteiger partial charge on any atom is -0.0101 e. The third kappa shape index (κ3) is 1.62. The quantitative estimate of drug-likeness (QED) is 0.563. The smallest absolute Gasteiger partial charge is 0.0101 e. The number of allylic oxidation sites excluding steroid dienone is 2. The minimum Gasteiger partial charge on any atom is -0.211 e. The third-order valence-electron chi connectivity index (χ3n) is 1.73. The molecule has 1 heteroatoms. The fourth-order valence-corrected chi connectivity index (χ4v) is 2.56. The van der Waals surface area contributed by atoms with Crippen LogP contribution in [0.2, 0.25) is 0 Å². The highest BCUT2D eigenvalue weighted by Gasteiger charge is 2.05. The zero-order valence-corrected chi connectivity index (χ0v) is 6.94. The molecule has 0 saturated heterocycles. The molecule has 1 rings (SSSR count). The predicted octanol–water partition coefficient (Wildman–Crippen LogP) is 2.83. The van der Waals surface area contributed by atoms with Crippen molar-refractivity contribution in [3.63, 3.8) is 0 Å². The summed E-state index contributed by atoms with van der Waals surface area (Å²) < 4.78 is 0. The molecule has 0 radical (unpaired) electrons. The van der Waals surface area contributed by atoms with Crippen LogP contribution in [0.5, 0.6) is 0 Å². The van der Waals surface area contributed by atoms with Gasteiger partial charge in [0.1, 0.15) is 0 Å². The van der Waals surface area contributed by atoms with Gasteiger partial charge in [-0.3, -0.25) is 0 Å². The molecule has 1 unspecified atom stereocenters. The van der Waals surface area contributed by atoms with Crippen LogP contribution in [-0.2, 0) is 0 Å². The monoisotopic (exact) mass is 142 g/mol. The van der Waals surface area contributed by atoms with E-state index in [9.17, 15) is 0 Å². The van der Waals surface area contributed by atoms with Gasteiger partial charge in [0.15, 0.2) is 0 Å². The first-order chi connectivity index (χ1) is 4.34. The van der Waals surface area contributed by atoms with Gasteiger partial charge in [0, 0.05) is 0 Å². The fourth-order valence-electron chi connectivity index (χ4n) is 0.853. The minimum absolute atomic E-state index is 0.132. The summed E-state index contributed by atoms with van der Waals surface area (Å²) in [6.07, 6.45) is 5.64. The van der Waals surface area contributed by atoms with Crippen LogP contribution in [0.4, 0.5) is 0 Å². The Hall–Kier alpha value is -0.170. The van der Waals surface area contributed by atoms with Gasteiger partial charge in [0.25, 0.3) is 0 Å². The summed E-state index contributed by atoms with van der Waals surface area (Å²) in [7, 11) is 0.132. The molecular weight excluding hydrogens is 128 g/mol. The van der Waals surface area contributed by atoms with Crippen LogP contribution in [0.25, 0.3) is 0 Å². The summed E-state index contributed by atoms with van der Waals surface area (Å²) >= 11 is 0. The lowest BCUT2D eigenvalue weighted by Crippen LogP contribution is -1.94. The first-order valence-electron chi connectivity index (χ1n) is 3.47. The van der Waals surface area contributed by atoms with E-state index >= 15 is 0 Å². The minimum atomic E-state index is 0.132. The number of thiol groups is 1. The average Bonchev–Trinajstić information content (AvgIpc) is 2.37. The van der Waals surface area contributed by atoms with Crippen LogP contribution in [-0.4, -0.2) is 5.25 Å². The Balaban J connectivity index is 2.43. The molecule has 0 aromatic rings. The number of rotatable bonds is 2. The largest absolute Gasteiger partial charge is 0.211 e. The molecular formula is C8H14S. The van der Waals surface area contributed by atoms with Gasteiger partial charge in [-0.15, -0.1) is 0 Å². The lowest BCUT2D eigenvalue weighted by Gasteiger charge is -2.16. The number of hydrogen-bond donors (Lipinski definition) is 1. The Bertz CT molecular complexity index is 124. The average molecular weight is 142 g/mol. The molecule has 0 amide bonds. The van der Waals surface area contributed by atoms with Gasteiger partial charge in [0.2, 0.25) is 0 Å². The summed E-state index contributed by atoms with van der Waals surface area (Å²) in [5.74, 6) is 0. The first kappa shape index (κ1) is 6.94. The molecule has 0 aromatic heterocycles. The van der Waals surface area contributed by atoms with E-state index in [1.54, 1.807) is 0 Å². The lowest BCUT2D eigenvalue weighted by atomic mass is 10.4. The summed E-state index contributed by atoms with van der Waals surface area (Å²) in [5, 5.41) is 5.56. The summed E-state index contributed by atoms with van der Waals surface area (Å²) in [6.45, 7) is 4.58. The van der Waals surface area contributed by atoms with Crippen molar-refractivity contribution in [2.75, 3.05) is 0 Å². The maximum atomic E-state index is 2.34. The van der Waals surface area contributed by atoms with E-state index in [0.29, 0.717) is 0 Å². The van der Waals surface area contributed by atoms with Crippen molar-refractivity contribution in [3.05, 3.63) is 23.0 Å². The standard InChI is InChI=1S/C8H14S/c1-3-8(2)9-6-4-5-7-9/h4-9H,3H2,1-2H3. The molecule has 0 saturated carbocycles. The van der Waals surface area contributed by atoms with Crippen molar-refractivity contribution in [1.82, 2.24) is 0 Å². The van der Waals surface area contributed by atoms with Gasteiger partial charge in [-0.2, -0.15) is 0 Å². The van der Waals surface area contributed by atoms with Crippen molar-refractivity contribution >= 4 is 10.9 Å². The molecule has 0 fully saturated rings. The van der Waals surface area contributed by atoms with E-state index in [0.717, 1.165) is 5.25 Å². The van der Waals surface area contributed by atoms with Crippen LogP contribution in [0, 0.1) is 0 Å². The Morgan fingerprint density at radius 2 is 1.89 bits per heavy atom. The Kier molecular flexibility index (Phi) is 2.40. The zero-order chi connectivity index (χ0) is 6.69. The second kappa shape index (κ2) is 3.11. The second-order valence-electron chi connectivity index (χ2n) is 2.39. The van der Waals surface area contributed by atoms with Crippen LogP contribution in [0.3, 0.4) is 0 Å². The molecule has 1 heterocycles. The highest BCUT2D eigenvalue weighted by atomic mass is 32.2. The summed E-state index contributed by atoms with van der Waals surface area (Å²) in [5.41, 5.74) is 0. The molecule has 0 nitrogen and oxygen atoms in total. The first-order valence-corrected chi connectivity index (χ1v) is 5.02. The molecule has 0 bridgehead atoms. The van der Waals surface area contributed by atoms with E-state index in [4.69, 9.17) is 0 Å². The predicted molar refractivity (Wildman–Crippen MR) is 47.0 cm³/mol. The fraction of sp³-hybridized carbons (Fsp3) is 0.500.